The number of halogens is 3. The summed E-state index contributed by atoms with van der Waals surface area (Å²) in [4.78, 5) is 24.5. The van der Waals surface area contributed by atoms with E-state index in [4.69, 9.17) is 14.6 Å². The average Bonchev–Trinajstić information content (AvgIpc) is 2.75. The third-order valence-corrected chi connectivity index (χ3v) is 6.83. The molecule has 3 aromatic carbocycles. The van der Waals surface area contributed by atoms with Gasteiger partial charge < -0.3 is 14.6 Å². The fourth-order valence-corrected chi connectivity index (χ4v) is 5.12. The molecule has 172 valence electrons. The number of hydrogen-bond acceptors (Lipinski definition) is 4. The highest BCUT2D eigenvalue weighted by atomic mass is 127. The lowest BCUT2D eigenvalue weighted by Crippen LogP contribution is -2.07. The lowest BCUT2D eigenvalue weighted by molar-refractivity contribution is -0.136. The molecule has 5 nitrogen and oxygen atoms in total. The van der Waals surface area contributed by atoms with Crippen molar-refractivity contribution in [2.75, 3.05) is 7.11 Å². The fraction of sp³-hybridized carbons (Fsp3) is 0.200. The van der Waals surface area contributed by atoms with Gasteiger partial charge in [0.1, 0.15) is 11.5 Å². The molecule has 0 aliphatic heterocycles. The molecule has 0 aliphatic rings. The van der Waals surface area contributed by atoms with Crippen molar-refractivity contribution in [1.29, 1.82) is 0 Å². The highest BCUT2D eigenvalue weighted by molar-refractivity contribution is 14.1. The van der Waals surface area contributed by atoms with Gasteiger partial charge in [-0.15, -0.1) is 0 Å². The van der Waals surface area contributed by atoms with Crippen molar-refractivity contribution < 1.29 is 24.2 Å². The molecule has 33 heavy (non-hydrogen) atoms. The molecule has 0 bridgehead atoms. The molecular weight excluding hydrogens is 667 g/mol. The number of hydrogen-bond donors (Lipinski definition) is 1. The first-order valence-corrected chi connectivity index (χ1v) is 12.7. The summed E-state index contributed by atoms with van der Waals surface area (Å²) in [7, 11) is 1.58. The number of carboxylic acids is 1. The first-order chi connectivity index (χ1) is 15.6. The summed E-state index contributed by atoms with van der Waals surface area (Å²) >= 11 is 9.15. The molecule has 0 amide bonds. The minimum Gasteiger partial charge on any atom is -0.496 e. The quantitative estimate of drug-likeness (QED) is 0.195. The Labute approximate surface area is 222 Å². The molecule has 1 N–H and O–H groups in total. The van der Waals surface area contributed by atoms with Gasteiger partial charge in [0.2, 0.25) is 0 Å². The van der Waals surface area contributed by atoms with Crippen LogP contribution in [0.5, 0.6) is 17.2 Å². The molecule has 0 spiro atoms. The van der Waals surface area contributed by atoms with Crippen LogP contribution in [0.25, 0.3) is 0 Å². The SMILES string of the molecule is COc1cc(C(=O)c2ccc(I)cc2)c(Oc2c(Br)cc(CC(=O)O)cc2Br)cc1C(C)C. The van der Waals surface area contributed by atoms with Crippen LogP contribution in [0.2, 0.25) is 0 Å². The first kappa shape index (κ1) is 25.7. The average molecular weight is 688 g/mol. The van der Waals surface area contributed by atoms with Crippen LogP contribution in [0.15, 0.2) is 57.5 Å². The van der Waals surface area contributed by atoms with E-state index in [1.54, 1.807) is 37.4 Å². The van der Waals surface area contributed by atoms with Gasteiger partial charge in [0, 0.05) is 14.7 Å². The molecule has 8 heteroatoms. The number of carbonyl (C=O) groups is 2. The van der Waals surface area contributed by atoms with Gasteiger partial charge in [-0.3, -0.25) is 9.59 Å². The van der Waals surface area contributed by atoms with Gasteiger partial charge in [-0.1, -0.05) is 13.8 Å². The number of carboxylic acid groups (broad SMARTS) is 1. The van der Waals surface area contributed by atoms with Crippen molar-refractivity contribution in [3.63, 3.8) is 0 Å². The zero-order chi connectivity index (χ0) is 24.3. The minimum atomic E-state index is -0.926. The number of ether oxygens (including phenoxy) is 2. The lowest BCUT2D eigenvalue weighted by Gasteiger charge is -2.19. The van der Waals surface area contributed by atoms with Crippen LogP contribution in [0.3, 0.4) is 0 Å². The van der Waals surface area contributed by atoms with E-state index in [0.717, 1.165) is 9.13 Å². The third kappa shape index (κ3) is 6.16. The van der Waals surface area contributed by atoms with Crippen molar-refractivity contribution in [3.05, 3.63) is 83.3 Å². The number of methoxy groups -OCH3 is 1. The Morgan fingerprint density at radius 1 is 1.00 bits per heavy atom. The van der Waals surface area contributed by atoms with E-state index in [1.165, 1.54) is 0 Å². The van der Waals surface area contributed by atoms with Crippen LogP contribution in [0.1, 0.15) is 46.8 Å². The van der Waals surface area contributed by atoms with E-state index in [-0.39, 0.29) is 18.1 Å². The summed E-state index contributed by atoms with van der Waals surface area (Å²) in [6.45, 7) is 4.07. The second kappa shape index (κ2) is 11.0. The molecular formula is C25H21Br2IO5. The normalized spacial score (nSPS) is 10.9. The Kier molecular flexibility index (Phi) is 8.58. The van der Waals surface area contributed by atoms with Crippen molar-refractivity contribution >= 4 is 66.2 Å². The molecule has 0 aliphatic carbocycles. The van der Waals surface area contributed by atoms with Crippen molar-refractivity contribution in [2.24, 2.45) is 0 Å². The molecule has 0 aromatic heterocycles. The predicted octanol–water partition coefficient (Wildman–Crippen LogP) is 7.60. The Morgan fingerprint density at radius 3 is 2.12 bits per heavy atom. The van der Waals surface area contributed by atoms with Crippen molar-refractivity contribution in [1.82, 2.24) is 0 Å². The summed E-state index contributed by atoms with van der Waals surface area (Å²) < 4.78 is 14.0. The fourth-order valence-electron chi connectivity index (χ4n) is 3.32. The second-order valence-electron chi connectivity index (χ2n) is 7.64. The van der Waals surface area contributed by atoms with Crippen molar-refractivity contribution in [2.45, 2.75) is 26.2 Å². The maximum absolute atomic E-state index is 13.4. The molecule has 0 saturated heterocycles. The number of ketones is 1. The molecule has 3 rings (SSSR count). The van der Waals surface area contributed by atoms with E-state index in [1.807, 2.05) is 32.0 Å². The van der Waals surface area contributed by atoms with Gasteiger partial charge in [0.25, 0.3) is 0 Å². The third-order valence-electron chi connectivity index (χ3n) is 4.93. The van der Waals surface area contributed by atoms with Crippen LogP contribution in [0.4, 0.5) is 0 Å². The number of carbonyl (C=O) groups excluding carboxylic acids is 1. The summed E-state index contributed by atoms with van der Waals surface area (Å²) in [6, 6.07) is 14.2. The summed E-state index contributed by atoms with van der Waals surface area (Å²) in [5.74, 6) is 0.459. The second-order valence-corrected chi connectivity index (χ2v) is 10.6. The molecule has 0 radical (unpaired) electrons. The molecule has 0 fully saturated rings. The van der Waals surface area contributed by atoms with Gasteiger partial charge in [-0.2, -0.15) is 0 Å². The van der Waals surface area contributed by atoms with Gasteiger partial charge in [-0.25, -0.2) is 0 Å². The van der Waals surface area contributed by atoms with E-state index >= 15 is 0 Å². The highest BCUT2D eigenvalue weighted by Gasteiger charge is 2.22. The minimum absolute atomic E-state index is 0.117. The smallest absolute Gasteiger partial charge is 0.307 e. The number of aliphatic carboxylic acids is 1. The molecule has 3 aromatic rings. The van der Waals surface area contributed by atoms with Crippen LogP contribution < -0.4 is 9.47 Å². The standard InChI is InChI=1S/C25H21Br2IO5/c1-13(2)17-11-22(33-25-19(26)8-14(9-20(25)27)10-23(29)30)18(12-21(17)32-3)24(31)15-4-6-16(28)7-5-15/h4-9,11-13H,10H2,1-3H3,(H,29,30). The predicted molar refractivity (Wildman–Crippen MR) is 143 cm³/mol. The Hall–Kier alpha value is -1.91. The van der Waals surface area contributed by atoms with E-state index in [2.05, 4.69) is 54.5 Å². The molecule has 0 atom stereocenters. The summed E-state index contributed by atoms with van der Waals surface area (Å²) in [6.07, 6.45) is -0.117. The Balaban J connectivity index is 2.13. The molecule has 0 unspecified atom stereocenters. The Morgan fingerprint density at radius 2 is 1.61 bits per heavy atom. The lowest BCUT2D eigenvalue weighted by atomic mass is 9.95. The Bertz CT molecular complexity index is 1180. The van der Waals surface area contributed by atoms with Crippen LogP contribution in [-0.4, -0.2) is 24.0 Å². The maximum Gasteiger partial charge on any atom is 0.307 e. The topological polar surface area (TPSA) is 72.8 Å². The van der Waals surface area contributed by atoms with Crippen LogP contribution in [-0.2, 0) is 11.2 Å². The largest absolute Gasteiger partial charge is 0.496 e. The number of rotatable bonds is 8. The van der Waals surface area contributed by atoms with Gasteiger partial charge in [0.05, 0.1) is 28.0 Å². The monoisotopic (exact) mass is 686 g/mol. The zero-order valence-electron chi connectivity index (χ0n) is 18.1. The summed E-state index contributed by atoms with van der Waals surface area (Å²) in [5, 5.41) is 9.10. The van der Waals surface area contributed by atoms with E-state index in [0.29, 0.717) is 42.9 Å². The first-order valence-electron chi connectivity index (χ1n) is 10.0. The van der Waals surface area contributed by atoms with Gasteiger partial charge in [0.15, 0.2) is 11.5 Å². The zero-order valence-corrected chi connectivity index (χ0v) is 23.4. The number of benzene rings is 3. The van der Waals surface area contributed by atoms with E-state index < -0.39 is 5.97 Å². The van der Waals surface area contributed by atoms with Crippen LogP contribution >= 0.6 is 54.5 Å². The molecule has 0 heterocycles. The summed E-state index contributed by atoms with van der Waals surface area (Å²) in [5.41, 5.74) is 2.42. The highest BCUT2D eigenvalue weighted by Crippen LogP contribution is 2.42. The van der Waals surface area contributed by atoms with Crippen LogP contribution in [0, 0.1) is 3.57 Å². The van der Waals surface area contributed by atoms with E-state index in [9.17, 15) is 9.59 Å². The van der Waals surface area contributed by atoms with Gasteiger partial charge >= 0.3 is 5.97 Å². The maximum atomic E-state index is 13.4. The molecule has 0 saturated carbocycles. The van der Waals surface area contributed by atoms with Crippen molar-refractivity contribution in [3.8, 4) is 17.2 Å². The van der Waals surface area contributed by atoms with Gasteiger partial charge in [-0.05, 0) is 114 Å².